The van der Waals surface area contributed by atoms with Gasteiger partial charge in [0.2, 0.25) is 5.91 Å². The number of carbonyl (C=O) groups is 2. The van der Waals surface area contributed by atoms with Gasteiger partial charge in [-0.15, -0.1) is 0 Å². The molecule has 1 fully saturated rings. The summed E-state index contributed by atoms with van der Waals surface area (Å²) in [5.74, 6) is -0.0478. The summed E-state index contributed by atoms with van der Waals surface area (Å²) in [6.45, 7) is 4.47. The Kier molecular flexibility index (Phi) is 5.89. The van der Waals surface area contributed by atoms with Gasteiger partial charge in [0.25, 0.3) is 11.6 Å². The van der Waals surface area contributed by atoms with E-state index in [1.807, 2.05) is 17.0 Å². The quantitative estimate of drug-likeness (QED) is 0.484. The topological polar surface area (TPSA) is 109 Å². The number of para-hydroxylation sites is 1. The number of rotatable bonds is 5. The number of hydrogen-bond acceptors (Lipinski definition) is 6. The highest BCUT2D eigenvalue weighted by molar-refractivity contribution is 6.02. The fourth-order valence-electron chi connectivity index (χ4n) is 3.67. The summed E-state index contributed by atoms with van der Waals surface area (Å²) in [6.07, 6.45) is 0. The minimum atomic E-state index is -0.487. The predicted octanol–water partition coefficient (Wildman–Crippen LogP) is 3.78. The molecule has 1 saturated heterocycles. The van der Waals surface area contributed by atoms with E-state index in [0.29, 0.717) is 24.3 Å². The van der Waals surface area contributed by atoms with E-state index < -0.39 is 10.8 Å². The van der Waals surface area contributed by atoms with Gasteiger partial charge in [0.1, 0.15) is 5.76 Å². The van der Waals surface area contributed by atoms with Gasteiger partial charge < -0.3 is 19.5 Å². The third-order valence-corrected chi connectivity index (χ3v) is 5.41. The van der Waals surface area contributed by atoms with Crippen LogP contribution in [0.25, 0.3) is 11.3 Å². The molecule has 4 rings (SSSR count). The summed E-state index contributed by atoms with van der Waals surface area (Å²) in [5, 5.41) is 14.0. The van der Waals surface area contributed by atoms with Crippen molar-refractivity contribution in [2.24, 2.45) is 0 Å². The summed E-state index contributed by atoms with van der Waals surface area (Å²) in [7, 11) is 0. The van der Waals surface area contributed by atoms with Gasteiger partial charge in [0.05, 0.1) is 10.5 Å². The van der Waals surface area contributed by atoms with Crippen LogP contribution in [0.15, 0.2) is 65.1 Å². The Hall–Kier alpha value is -4.14. The number of hydrogen-bond donors (Lipinski definition) is 1. The molecule has 0 atom stereocenters. The summed E-state index contributed by atoms with van der Waals surface area (Å²) in [5.41, 5.74) is 1.84. The van der Waals surface area contributed by atoms with Crippen LogP contribution in [0.4, 0.5) is 17.1 Å². The summed E-state index contributed by atoms with van der Waals surface area (Å²) < 4.78 is 5.59. The Labute approximate surface area is 184 Å². The molecule has 0 unspecified atom stereocenters. The van der Waals surface area contributed by atoms with Crippen molar-refractivity contribution in [1.82, 2.24) is 4.90 Å². The summed E-state index contributed by atoms with van der Waals surface area (Å²) in [4.78, 5) is 38.8. The fourth-order valence-corrected chi connectivity index (χ4v) is 3.67. The first kappa shape index (κ1) is 21.1. The van der Waals surface area contributed by atoms with Crippen LogP contribution in [-0.4, -0.2) is 47.8 Å². The number of amides is 2. The minimum Gasteiger partial charge on any atom is -0.451 e. The lowest BCUT2D eigenvalue weighted by Gasteiger charge is -2.35. The molecule has 9 heteroatoms. The van der Waals surface area contributed by atoms with Crippen molar-refractivity contribution in [2.75, 3.05) is 36.4 Å². The smallest absolute Gasteiger partial charge is 0.291 e. The van der Waals surface area contributed by atoms with Gasteiger partial charge in [-0.2, -0.15) is 0 Å². The van der Waals surface area contributed by atoms with Crippen molar-refractivity contribution < 1.29 is 18.9 Å². The first-order valence-electron chi connectivity index (χ1n) is 10.2. The van der Waals surface area contributed by atoms with E-state index >= 15 is 0 Å². The number of piperazine rings is 1. The maximum atomic E-state index is 12.6. The van der Waals surface area contributed by atoms with Crippen LogP contribution in [0.5, 0.6) is 0 Å². The highest BCUT2D eigenvalue weighted by Gasteiger charge is 2.20. The minimum absolute atomic E-state index is 0.0579. The van der Waals surface area contributed by atoms with Crippen molar-refractivity contribution in [3.05, 3.63) is 76.5 Å². The molecular formula is C23H22N4O5. The van der Waals surface area contributed by atoms with Crippen LogP contribution in [0.1, 0.15) is 17.5 Å². The molecule has 2 amide bonds. The number of nitro benzene ring substituents is 1. The normalized spacial score (nSPS) is 13.7. The molecule has 3 aromatic rings. The van der Waals surface area contributed by atoms with Crippen LogP contribution < -0.4 is 10.2 Å². The third kappa shape index (κ3) is 4.46. The van der Waals surface area contributed by atoms with Gasteiger partial charge in [0, 0.05) is 50.5 Å². The zero-order valence-electron chi connectivity index (χ0n) is 17.5. The van der Waals surface area contributed by atoms with Crippen molar-refractivity contribution in [3.63, 3.8) is 0 Å². The molecule has 0 aliphatic carbocycles. The molecule has 2 aromatic carbocycles. The number of nitrogens with one attached hydrogen (secondary N) is 1. The highest BCUT2D eigenvalue weighted by atomic mass is 16.6. The molecule has 32 heavy (non-hydrogen) atoms. The molecule has 1 aliphatic heterocycles. The van der Waals surface area contributed by atoms with Crippen LogP contribution >= 0.6 is 0 Å². The van der Waals surface area contributed by atoms with Gasteiger partial charge >= 0.3 is 0 Å². The molecule has 0 saturated carbocycles. The second kappa shape index (κ2) is 8.93. The molecule has 2 heterocycles. The van der Waals surface area contributed by atoms with Crippen molar-refractivity contribution >= 4 is 28.9 Å². The molecule has 1 N–H and O–H groups in total. The van der Waals surface area contributed by atoms with E-state index in [9.17, 15) is 19.7 Å². The van der Waals surface area contributed by atoms with E-state index in [1.54, 1.807) is 43.3 Å². The van der Waals surface area contributed by atoms with Gasteiger partial charge in [-0.3, -0.25) is 19.7 Å². The third-order valence-electron chi connectivity index (χ3n) is 5.41. The molecule has 1 aliphatic rings. The molecule has 0 spiro atoms. The first-order valence-corrected chi connectivity index (χ1v) is 10.2. The van der Waals surface area contributed by atoms with Gasteiger partial charge in [-0.25, -0.2) is 0 Å². The largest absolute Gasteiger partial charge is 0.451 e. The lowest BCUT2D eigenvalue weighted by molar-refractivity contribution is -0.384. The molecule has 0 bridgehead atoms. The molecular weight excluding hydrogens is 412 g/mol. The summed E-state index contributed by atoms with van der Waals surface area (Å²) in [6, 6.07) is 16.7. The fraction of sp³-hybridized carbons (Fsp3) is 0.217. The monoisotopic (exact) mass is 434 g/mol. The molecule has 1 aromatic heterocycles. The Morgan fingerprint density at radius 3 is 2.31 bits per heavy atom. The second-order valence-electron chi connectivity index (χ2n) is 7.43. The standard InChI is InChI=1S/C23H22N4O5/c1-16(28)25-12-14-26(15-13-25)18-8-6-17(7-9-18)24-23(29)22-11-10-21(32-22)19-4-2-3-5-20(19)27(30)31/h2-11H,12-15H2,1H3,(H,24,29). The maximum Gasteiger partial charge on any atom is 0.291 e. The van der Waals surface area contributed by atoms with Gasteiger partial charge in [-0.05, 0) is 42.5 Å². The van der Waals surface area contributed by atoms with E-state index in [1.165, 1.54) is 12.1 Å². The van der Waals surface area contributed by atoms with Crippen LogP contribution in [-0.2, 0) is 4.79 Å². The Morgan fingerprint density at radius 1 is 0.969 bits per heavy atom. The highest BCUT2D eigenvalue weighted by Crippen LogP contribution is 2.31. The average Bonchev–Trinajstić information content (AvgIpc) is 3.30. The van der Waals surface area contributed by atoms with E-state index in [-0.39, 0.29) is 23.1 Å². The van der Waals surface area contributed by atoms with Crippen molar-refractivity contribution in [2.45, 2.75) is 6.92 Å². The van der Waals surface area contributed by atoms with Crippen LogP contribution in [0.3, 0.4) is 0 Å². The average molecular weight is 434 g/mol. The zero-order valence-corrected chi connectivity index (χ0v) is 17.5. The van der Waals surface area contributed by atoms with Crippen molar-refractivity contribution in [1.29, 1.82) is 0 Å². The second-order valence-corrected chi connectivity index (χ2v) is 7.43. The number of furan rings is 1. The van der Waals surface area contributed by atoms with Crippen molar-refractivity contribution in [3.8, 4) is 11.3 Å². The first-order chi connectivity index (χ1) is 15.4. The molecule has 9 nitrogen and oxygen atoms in total. The van der Waals surface area contributed by atoms with Gasteiger partial charge in [-0.1, -0.05) is 12.1 Å². The Bertz CT molecular complexity index is 1150. The molecule has 0 radical (unpaired) electrons. The zero-order chi connectivity index (χ0) is 22.7. The lowest BCUT2D eigenvalue weighted by atomic mass is 10.1. The van der Waals surface area contributed by atoms with E-state index in [0.717, 1.165) is 18.8 Å². The maximum absolute atomic E-state index is 12.6. The van der Waals surface area contributed by atoms with E-state index in [2.05, 4.69) is 10.2 Å². The summed E-state index contributed by atoms with van der Waals surface area (Å²) >= 11 is 0. The SMILES string of the molecule is CC(=O)N1CCN(c2ccc(NC(=O)c3ccc(-c4ccccc4[N+](=O)[O-])o3)cc2)CC1. The van der Waals surface area contributed by atoms with Crippen LogP contribution in [0.2, 0.25) is 0 Å². The van der Waals surface area contributed by atoms with E-state index in [4.69, 9.17) is 4.42 Å². The van der Waals surface area contributed by atoms with Gasteiger partial charge in [0.15, 0.2) is 5.76 Å². The number of nitro groups is 1. The Balaban J connectivity index is 1.41. The predicted molar refractivity (Wildman–Crippen MR) is 120 cm³/mol. The lowest BCUT2D eigenvalue weighted by Crippen LogP contribution is -2.48. The molecule has 164 valence electrons. The number of anilines is 2. The number of carbonyl (C=O) groups excluding carboxylic acids is 2. The number of nitrogens with zero attached hydrogens (tertiary/aromatic N) is 3. The number of benzene rings is 2. The Morgan fingerprint density at radius 2 is 1.66 bits per heavy atom. The van der Waals surface area contributed by atoms with Crippen LogP contribution in [0, 0.1) is 10.1 Å².